The van der Waals surface area contributed by atoms with Crippen LogP contribution in [-0.4, -0.2) is 10.6 Å². The number of benzene rings is 1. The molecule has 0 amide bonds. The Kier molecular flexibility index (Phi) is 2.04. The summed E-state index contributed by atoms with van der Waals surface area (Å²) >= 11 is 0. The van der Waals surface area contributed by atoms with Crippen LogP contribution in [0, 0.1) is 5.82 Å². The molecule has 1 unspecified atom stereocenters. The second kappa shape index (κ2) is 3.32. The van der Waals surface area contributed by atoms with Crippen molar-refractivity contribution in [2.24, 2.45) is 12.8 Å². The molecular weight excluding hydrogens is 203 g/mol. The van der Waals surface area contributed by atoms with Gasteiger partial charge in [0.1, 0.15) is 5.82 Å². The number of rotatable bonds is 0. The molecule has 1 aliphatic rings. The molecule has 16 heavy (non-hydrogen) atoms. The van der Waals surface area contributed by atoms with Gasteiger partial charge in [0.05, 0.1) is 5.52 Å². The third kappa shape index (κ3) is 1.28. The van der Waals surface area contributed by atoms with E-state index in [1.54, 1.807) is 6.07 Å². The van der Waals surface area contributed by atoms with Crippen molar-refractivity contribution < 1.29 is 4.39 Å². The van der Waals surface area contributed by atoms with Crippen LogP contribution in [0.2, 0.25) is 0 Å². The number of halogens is 1. The quantitative estimate of drug-likeness (QED) is 0.721. The Balaban J connectivity index is 2.32. The highest BCUT2D eigenvalue weighted by Crippen LogP contribution is 2.31. The fourth-order valence-electron chi connectivity index (χ4n) is 2.77. The summed E-state index contributed by atoms with van der Waals surface area (Å²) in [6, 6.07) is 5.27. The fourth-order valence-corrected chi connectivity index (χ4v) is 2.77. The zero-order chi connectivity index (χ0) is 11.3. The average Bonchev–Trinajstić information content (AvgIpc) is 2.52. The van der Waals surface area contributed by atoms with E-state index in [0.29, 0.717) is 0 Å². The molecule has 84 valence electrons. The predicted octanol–water partition coefficient (Wildman–Crippen LogP) is 2.13. The lowest BCUT2D eigenvalue weighted by Gasteiger charge is -2.19. The molecule has 1 heterocycles. The molecule has 2 N–H and O–H groups in total. The van der Waals surface area contributed by atoms with E-state index in [0.717, 1.165) is 30.2 Å². The van der Waals surface area contributed by atoms with E-state index < -0.39 is 0 Å². The van der Waals surface area contributed by atoms with Crippen LogP contribution >= 0.6 is 0 Å². The Morgan fingerprint density at radius 2 is 2.25 bits per heavy atom. The second-order valence-corrected chi connectivity index (χ2v) is 4.65. The van der Waals surface area contributed by atoms with Crippen molar-refractivity contribution in [3.05, 3.63) is 35.3 Å². The van der Waals surface area contributed by atoms with E-state index in [1.807, 2.05) is 13.1 Å². The van der Waals surface area contributed by atoms with Gasteiger partial charge in [0.2, 0.25) is 0 Å². The Labute approximate surface area is 93.9 Å². The highest BCUT2D eigenvalue weighted by atomic mass is 19.1. The average molecular weight is 218 g/mol. The Morgan fingerprint density at radius 1 is 1.44 bits per heavy atom. The Bertz CT molecular complexity index is 557. The van der Waals surface area contributed by atoms with Crippen molar-refractivity contribution in [2.75, 3.05) is 0 Å². The van der Waals surface area contributed by atoms with E-state index in [4.69, 9.17) is 5.73 Å². The molecule has 1 aliphatic carbocycles. The molecule has 0 saturated heterocycles. The van der Waals surface area contributed by atoms with Gasteiger partial charge in [-0.2, -0.15) is 0 Å². The number of aromatic nitrogens is 1. The molecule has 2 nitrogen and oxygen atoms in total. The summed E-state index contributed by atoms with van der Waals surface area (Å²) < 4.78 is 15.3. The van der Waals surface area contributed by atoms with Crippen LogP contribution in [0.3, 0.4) is 0 Å². The van der Waals surface area contributed by atoms with Gasteiger partial charge in [-0.05, 0) is 43.0 Å². The van der Waals surface area contributed by atoms with Gasteiger partial charge in [0.25, 0.3) is 0 Å². The van der Waals surface area contributed by atoms with Crippen molar-refractivity contribution in [1.29, 1.82) is 0 Å². The number of nitrogens with zero attached hydrogens (tertiary/aromatic N) is 1. The molecule has 1 aromatic heterocycles. The first-order valence-electron chi connectivity index (χ1n) is 5.68. The van der Waals surface area contributed by atoms with Gasteiger partial charge in [-0.1, -0.05) is 0 Å². The Hall–Kier alpha value is -1.35. The smallest absolute Gasteiger partial charge is 0.125 e. The molecule has 2 aromatic rings. The SMILES string of the molecule is Cn1c2c(c3ccc(F)cc31)CC(N)CC2. The summed E-state index contributed by atoms with van der Waals surface area (Å²) in [5, 5.41) is 1.16. The molecule has 0 spiro atoms. The molecule has 0 aliphatic heterocycles. The number of hydrogen-bond acceptors (Lipinski definition) is 1. The van der Waals surface area contributed by atoms with Crippen LogP contribution in [0.5, 0.6) is 0 Å². The predicted molar refractivity (Wildman–Crippen MR) is 62.9 cm³/mol. The maximum Gasteiger partial charge on any atom is 0.125 e. The van der Waals surface area contributed by atoms with E-state index in [-0.39, 0.29) is 11.9 Å². The van der Waals surface area contributed by atoms with Crippen LogP contribution in [0.15, 0.2) is 18.2 Å². The van der Waals surface area contributed by atoms with Crippen molar-refractivity contribution in [3.63, 3.8) is 0 Å². The van der Waals surface area contributed by atoms with Crippen molar-refractivity contribution in [2.45, 2.75) is 25.3 Å². The molecule has 1 atom stereocenters. The first-order valence-corrected chi connectivity index (χ1v) is 5.68. The monoisotopic (exact) mass is 218 g/mol. The molecule has 3 rings (SSSR count). The van der Waals surface area contributed by atoms with Crippen LogP contribution in [0.4, 0.5) is 4.39 Å². The minimum absolute atomic E-state index is 0.172. The number of fused-ring (bicyclic) bond motifs is 3. The van der Waals surface area contributed by atoms with Gasteiger partial charge in [-0.3, -0.25) is 0 Å². The summed E-state index contributed by atoms with van der Waals surface area (Å²) in [7, 11) is 2.01. The fraction of sp³-hybridized carbons (Fsp3) is 0.385. The van der Waals surface area contributed by atoms with Gasteiger partial charge in [0, 0.05) is 24.2 Å². The maximum absolute atomic E-state index is 13.2. The number of aryl methyl sites for hydroxylation is 1. The molecule has 0 radical (unpaired) electrons. The van der Waals surface area contributed by atoms with Crippen LogP contribution in [0.1, 0.15) is 17.7 Å². The normalized spacial score (nSPS) is 20.1. The summed E-state index contributed by atoms with van der Waals surface area (Å²) in [4.78, 5) is 0. The number of nitrogens with two attached hydrogens (primary N) is 1. The Morgan fingerprint density at radius 3 is 3.06 bits per heavy atom. The van der Waals surface area contributed by atoms with Gasteiger partial charge < -0.3 is 10.3 Å². The lowest BCUT2D eigenvalue weighted by atomic mass is 9.92. The summed E-state index contributed by atoms with van der Waals surface area (Å²) in [6.45, 7) is 0. The van der Waals surface area contributed by atoms with E-state index in [2.05, 4.69) is 4.57 Å². The molecule has 3 heteroatoms. The largest absolute Gasteiger partial charge is 0.347 e. The summed E-state index contributed by atoms with van der Waals surface area (Å²) in [5.41, 5.74) is 9.62. The van der Waals surface area contributed by atoms with Crippen molar-refractivity contribution >= 4 is 10.9 Å². The minimum Gasteiger partial charge on any atom is -0.347 e. The third-order valence-corrected chi connectivity index (χ3v) is 3.62. The molecule has 0 bridgehead atoms. The first kappa shape index (κ1) is 9.85. The van der Waals surface area contributed by atoms with E-state index in [1.165, 1.54) is 17.3 Å². The molecule has 0 saturated carbocycles. The molecular formula is C13H15FN2. The lowest BCUT2D eigenvalue weighted by molar-refractivity contribution is 0.562. The van der Waals surface area contributed by atoms with E-state index in [9.17, 15) is 4.39 Å². The number of hydrogen-bond donors (Lipinski definition) is 1. The van der Waals surface area contributed by atoms with Gasteiger partial charge in [-0.15, -0.1) is 0 Å². The highest BCUT2D eigenvalue weighted by molar-refractivity contribution is 5.86. The van der Waals surface area contributed by atoms with Crippen molar-refractivity contribution in [3.8, 4) is 0 Å². The minimum atomic E-state index is -0.172. The molecule has 1 aromatic carbocycles. The summed E-state index contributed by atoms with van der Waals surface area (Å²) in [5.74, 6) is -0.172. The zero-order valence-electron chi connectivity index (χ0n) is 9.33. The van der Waals surface area contributed by atoms with Crippen molar-refractivity contribution in [1.82, 2.24) is 4.57 Å². The van der Waals surface area contributed by atoms with Gasteiger partial charge in [-0.25, -0.2) is 4.39 Å². The molecule has 0 fully saturated rings. The van der Waals surface area contributed by atoms with Crippen LogP contribution < -0.4 is 5.73 Å². The van der Waals surface area contributed by atoms with Crippen LogP contribution in [0.25, 0.3) is 10.9 Å². The maximum atomic E-state index is 13.2. The third-order valence-electron chi connectivity index (χ3n) is 3.62. The van der Waals surface area contributed by atoms with Gasteiger partial charge in [0.15, 0.2) is 0 Å². The first-order chi connectivity index (χ1) is 7.66. The standard InChI is InChI=1S/C13H15FN2/c1-16-12-5-3-9(15)7-11(12)10-4-2-8(14)6-13(10)16/h2,4,6,9H,3,5,7,15H2,1H3. The topological polar surface area (TPSA) is 30.9 Å². The zero-order valence-corrected chi connectivity index (χ0v) is 9.33. The highest BCUT2D eigenvalue weighted by Gasteiger charge is 2.22. The van der Waals surface area contributed by atoms with Gasteiger partial charge >= 0.3 is 0 Å². The van der Waals surface area contributed by atoms with E-state index >= 15 is 0 Å². The van der Waals surface area contributed by atoms with Crippen LogP contribution in [-0.2, 0) is 19.9 Å². The summed E-state index contributed by atoms with van der Waals surface area (Å²) in [6.07, 6.45) is 2.95. The second-order valence-electron chi connectivity index (χ2n) is 4.65. The lowest BCUT2D eigenvalue weighted by Crippen LogP contribution is -2.28.